The molecule has 1 atom stereocenters. The molecule has 1 N–H and O–H groups in total. The predicted octanol–water partition coefficient (Wildman–Crippen LogP) is 2.60. The van der Waals surface area contributed by atoms with E-state index in [0.29, 0.717) is 19.8 Å². The third kappa shape index (κ3) is 4.93. The molecule has 0 saturated heterocycles. The first-order valence-corrected chi connectivity index (χ1v) is 7.04. The van der Waals surface area contributed by atoms with Crippen molar-refractivity contribution in [1.82, 2.24) is 5.32 Å². The molecular formula is C14H20BrNO3. The Morgan fingerprint density at radius 3 is 2.79 bits per heavy atom. The van der Waals surface area contributed by atoms with Crippen LogP contribution in [0.3, 0.4) is 0 Å². The highest BCUT2D eigenvalue weighted by Gasteiger charge is 2.23. The van der Waals surface area contributed by atoms with Crippen LogP contribution in [-0.4, -0.2) is 32.8 Å². The third-order valence-electron chi connectivity index (χ3n) is 2.64. The van der Waals surface area contributed by atoms with Gasteiger partial charge in [0.25, 0.3) is 0 Å². The number of esters is 1. The molecule has 1 unspecified atom stereocenters. The molecule has 0 fully saturated rings. The van der Waals surface area contributed by atoms with E-state index in [1.165, 1.54) is 0 Å². The predicted molar refractivity (Wildman–Crippen MR) is 78.1 cm³/mol. The molecule has 0 aliphatic heterocycles. The number of hydrogen-bond donors (Lipinski definition) is 1. The zero-order valence-corrected chi connectivity index (χ0v) is 13.1. The summed E-state index contributed by atoms with van der Waals surface area (Å²) >= 11 is 3.50. The Kier molecular flexibility index (Phi) is 7.05. The summed E-state index contributed by atoms with van der Waals surface area (Å²) in [6.07, 6.45) is 0. The van der Waals surface area contributed by atoms with Crippen LogP contribution in [0, 0.1) is 6.92 Å². The number of nitrogens with one attached hydrogen (secondary N) is 1. The lowest BCUT2D eigenvalue weighted by Crippen LogP contribution is -2.32. The molecule has 106 valence electrons. The Morgan fingerprint density at radius 2 is 2.21 bits per heavy atom. The Balaban J connectivity index is 2.90. The monoisotopic (exact) mass is 329 g/mol. The number of benzene rings is 1. The molecule has 0 aliphatic rings. The van der Waals surface area contributed by atoms with Crippen molar-refractivity contribution >= 4 is 21.9 Å². The van der Waals surface area contributed by atoms with Crippen LogP contribution in [0.15, 0.2) is 22.7 Å². The molecular weight excluding hydrogens is 310 g/mol. The lowest BCUT2D eigenvalue weighted by atomic mass is 10.1. The summed E-state index contributed by atoms with van der Waals surface area (Å²) in [5.74, 6) is -0.275. The van der Waals surface area contributed by atoms with E-state index < -0.39 is 6.04 Å². The van der Waals surface area contributed by atoms with Crippen molar-refractivity contribution in [1.29, 1.82) is 0 Å². The van der Waals surface area contributed by atoms with E-state index >= 15 is 0 Å². The van der Waals surface area contributed by atoms with Crippen LogP contribution in [0.25, 0.3) is 0 Å². The second kappa shape index (κ2) is 8.30. The Labute approximate surface area is 122 Å². The van der Waals surface area contributed by atoms with Crippen LogP contribution >= 0.6 is 15.9 Å². The zero-order chi connectivity index (χ0) is 14.3. The summed E-state index contributed by atoms with van der Waals surface area (Å²) in [6.45, 7) is 5.30. The highest BCUT2D eigenvalue weighted by molar-refractivity contribution is 9.10. The summed E-state index contributed by atoms with van der Waals surface area (Å²) in [5, 5.41) is 3.15. The van der Waals surface area contributed by atoms with E-state index in [2.05, 4.69) is 21.2 Å². The molecule has 1 aromatic carbocycles. The van der Waals surface area contributed by atoms with Crippen molar-refractivity contribution < 1.29 is 14.3 Å². The fourth-order valence-corrected chi connectivity index (χ4v) is 2.44. The molecule has 0 heterocycles. The number of methoxy groups -OCH3 is 1. The SMILES string of the molecule is CCOC(=O)C(NCCOC)c1ccc(C)cc1Br. The maximum Gasteiger partial charge on any atom is 0.327 e. The van der Waals surface area contributed by atoms with Gasteiger partial charge in [-0.25, -0.2) is 4.79 Å². The van der Waals surface area contributed by atoms with Gasteiger partial charge in [-0.2, -0.15) is 0 Å². The molecule has 1 rings (SSSR count). The number of hydrogen-bond acceptors (Lipinski definition) is 4. The molecule has 0 bridgehead atoms. The zero-order valence-electron chi connectivity index (χ0n) is 11.5. The van der Waals surface area contributed by atoms with Crippen LogP contribution in [0.4, 0.5) is 0 Å². The molecule has 0 amide bonds. The Hall–Kier alpha value is -0.910. The molecule has 0 spiro atoms. The molecule has 0 radical (unpaired) electrons. The molecule has 0 aliphatic carbocycles. The topological polar surface area (TPSA) is 47.6 Å². The van der Waals surface area contributed by atoms with Crippen LogP contribution in [0.5, 0.6) is 0 Å². The van der Waals surface area contributed by atoms with Gasteiger partial charge < -0.3 is 9.47 Å². The van der Waals surface area contributed by atoms with Crippen LogP contribution in [0.2, 0.25) is 0 Å². The summed E-state index contributed by atoms with van der Waals surface area (Å²) in [6, 6.07) is 5.41. The fraction of sp³-hybridized carbons (Fsp3) is 0.500. The maximum atomic E-state index is 12.0. The van der Waals surface area contributed by atoms with Gasteiger partial charge >= 0.3 is 5.97 Å². The van der Waals surface area contributed by atoms with Crippen molar-refractivity contribution in [3.63, 3.8) is 0 Å². The second-order valence-electron chi connectivity index (χ2n) is 4.16. The van der Waals surface area contributed by atoms with Crippen LogP contribution in [0.1, 0.15) is 24.1 Å². The minimum Gasteiger partial charge on any atom is -0.465 e. The van der Waals surface area contributed by atoms with Gasteiger partial charge in [0.05, 0.1) is 13.2 Å². The van der Waals surface area contributed by atoms with Gasteiger partial charge in [0.2, 0.25) is 0 Å². The molecule has 1 aromatic rings. The van der Waals surface area contributed by atoms with Crippen molar-refractivity contribution in [3.8, 4) is 0 Å². The van der Waals surface area contributed by atoms with Gasteiger partial charge in [-0.15, -0.1) is 0 Å². The smallest absolute Gasteiger partial charge is 0.327 e. The molecule has 0 saturated carbocycles. The van der Waals surface area contributed by atoms with Gasteiger partial charge in [-0.1, -0.05) is 28.1 Å². The average molecular weight is 330 g/mol. The first-order chi connectivity index (χ1) is 9.10. The van der Waals surface area contributed by atoms with E-state index in [-0.39, 0.29) is 5.97 Å². The number of aryl methyl sites for hydroxylation is 1. The van der Waals surface area contributed by atoms with Crippen molar-refractivity contribution in [3.05, 3.63) is 33.8 Å². The second-order valence-corrected chi connectivity index (χ2v) is 5.01. The van der Waals surface area contributed by atoms with E-state index in [1.807, 2.05) is 25.1 Å². The van der Waals surface area contributed by atoms with Crippen molar-refractivity contribution in [2.24, 2.45) is 0 Å². The van der Waals surface area contributed by atoms with Gasteiger partial charge in [0.1, 0.15) is 6.04 Å². The van der Waals surface area contributed by atoms with Crippen molar-refractivity contribution in [2.75, 3.05) is 26.9 Å². The third-order valence-corrected chi connectivity index (χ3v) is 3.33. The van der Waals surface area contributed by atoms with E-state index in [4.69, 9.17) is 9.47 Å². The van der Waals surface area contributed by atoms with Gasteiger partial charge in [0, 0.05) is 18.1 Å². The van der Waals surface area contributed by atoms with Crippen LogP contribution in [-0.2, 0) is 14.3 Å². The molecule has 0 aromatic heterocycles. The number of carbonyl (C=O) groups excluding carboxylic acids is 1. The molecule has 19 heavy (non-hydrogen) atoms. The highest BCUT2D eigenvalue weighted by Crippen LogP contribution is 2.25. The van der Waals surface area contributed by atoms with Gasteiger partial charge in [-0.05, 0) is 31.0 Å². The molecule has 4 nitrogen and oxygen atoms in total. The summed E-state index contributed by atoms with van der Waals surface area (Å²) in [4.78, 5) is 12.0. The summed E-state index contributed by atoms with van der Waals surface area (Å²) in [5.41, 5.74) is 2.01. The van der Waals surface area contributed by atoms with E-state index in [0.717, 1.165) is 15.6 Å². The van der Waals surface area contributed by atoms with Gasteiger partial charge in [-0.3, -0.25) is 5.32 Å². The van der Waals surface area contributed by atoms with Gasteiger partial charge in [0.15, 0.2) is 0 Å². The minimum atomic E-state index is -0.481. The average Bonchev–Trinajstić information content (AvgIpc) is 2.36. The summed E-state index contributed by atoms with van der Waals surface area (Å²) < 4.78 is 11.0. The first-order valence-electron chi connectivity index (χ1n) is 6.25. The number of rotatable bonds is 7. The lowest BCUT2D eigenvalue weighted by Gasteiger charge is -2.19. The number of carbonyl (C=O) groups is 1. The Bertz CT molecular complexity index is 423. The number of halogens is 1. The standard InChI is InChI=1S/C14H20BrNO3/c1-4-19-14(17)13(16-7-8-18-3)11-6-5-10(2)9-12(11)15/h5-6,9,13,16H,4,7-8H2,1-3H3. The highest BCUT2D eigenvalue weighted by atomic mass is 79.9. The lowest BCUT2D eigenvalue weighted by molar-refractivity contribution is -0.145. The van der Waals surface area contributed by atoms with Crippen molar-refractivity contribution in [2.45, 2.75) is 19.9 Å². The van der Waals surface area contributed by atoms with E-state index in [9.17, 15) is 4.79 Å². The first kappa shape index (κ1) is 16.1. The number of ether oxygens (including phenoxy) is 2. The maximum absolute atomic E-state index is 12.0. The van der Waals surface area contributed by atoms with Crippen LogP contribution < -0.4 is 5.32 Å². The molecule has 5 heteroatoms. The summed E-state index contributed by atoms with van der Waals surface area (Å²) in [7, 11) is 1.63. The Morgan fingerprint density at radius 1 is 1.47 bits per heavy atom. The largest absolute Gasteiger partial charge is 0.465 e. The normalized spacial score (nSPS) is 12.2. The van der Waals surface area contributed by atoms with E-state index in [1.54, 1.807) is 14.0 Å². The minimum absolute atomic E-state index is 0.275. The fourth-order valence-electron chi connectivity index (χ4n) is 1.72. The quantitative estimate of drug-likeness (QED) is 0.617.